The van der Waals surface area contributed by atoms with E-state index in [-0.39, 0.29) is 23.8 Å². The molecule has 2 aromatic rings. The molecule has 0 aromatic heterocycles. The number of rotatable bonds is 5. The van der Waals surface area contributed by atoms with Crippen molar-refractivity contribution in [3.05, 3.63) is 64.5 Å². The Morgan fingerprint density at radius 2 is 1.81 bits per heavy atom. The van der Waals surface area contributed by atoms with Crippen LogP contribution in [0.5, 0.6) is 0 Å². The third kappa shape index (κ3) is 4.08. The van der Waals surface area contributed by atoms with E-state index in [9.17, 15) is 19.3 Å². The molecule has 3 rings (SSSR count). The Hall–Kier alpha value is -3.16. The van der Waals surface area contributed by atoms with Crippen molar-refractivity contribution in [2.24, 2.45) is 0 Å². The summed E-state index contributed by atoms with van der Waals surface area (Å²) in [7, 11) is 0. The van der Waals surface area contributed by atoms with Crippen LogP contribution in [-0.2, 0) is 4.79 Å². The van der Waals surface area contributed by atoms with Gasteiger partial charge in [-0.1, -0.05) is 18.2 Å². The fourth-order valence-corrected chi connectivity index (χ4v) is 2.94. The number of para-hydroxylation sites is 1. The molecule has 0 atom stereocenters. The molecule has 8 heteroatoms. The molecule has 0 bridgehead atoms. The molecule has 1 aliphatic heterocycles. The zero-order valence-electron chi connectivity index (χ0n) is 14.1. The number of amides is 1. The third-order valence-corrected chi connectivity index (χ3v) is 4.34. The summed E-state index contributed by atoms with van der Waals surface area (Å²) in [6.07, 6.45) is 0. The summed E-state index contributed by atoms with van der Waals surface area (Å²) in [4.78, 5) is 26.6. The number of piperazine rings is 1. The van der Waals surface area contributed by atoms with Crippen LogP contribution >= 0.6 is 0 Å². The summed E-state index contributed by atoms with van der Waals surface area (Å²) in [6, 6.07) is 13.2. The average Bonchev–Trinajstić information content (AvgIpc) is 2.67. The third-order valence-electron chi connectivity index (χ3n) is 4.34. The number of benzene rings is 2. The van der Waals surface area contributed by atoms with Gasteiger partial charge in [0.1, 0.15) is 11.5 Å². The molecule has 1 amide bonds. The Bertz CT molecular complexity index is 792. The van der Waals surface area contributed by atoms with Crippen molar-refractivity contribution in [1.29, 1.82) is 0 Å². The lowest BCUT2D eigenvalue weighted by Gasteiger charge is -2.36. The maximum atomic E-state index is 13.2. The van der Waals surface area contributed by atoms with Crippen LogP contribution in [0.1, 0.15) is 0 Å². The molecule has 0 unspecified atom stereocenters. The minimum Gasteiger partial charge on any atom is -0.371 e. The van der Waals surface area contributed by atoms with Gasteiger partial charge in [0.2, 0.25) is 5.91 Å². The number of nitro benzene ring substituents is 1. The van der Waals surface area contributed by atoms with Crippen LogP contribution in [0.25, 0.3) is 0 Å². The summed E-state index contributed by atoms with van der Waals surface area (Å²) < 4.78 is 13.2. The molecule has 1 aliphatic rings. The molecule has 0 aliphatic carbocycles. The van der Waals surface area contributed by atoms with Crippen LogP contribution in [0.4, 0.5) is 21.5 Å². The number of hydrogen-bond donors (Lipinski definition) is 1. The predicted molar refractivity (Wildman–Crippen MR) is 96.8 cm³/mol. The first-order chi connectivity index (χ1) is 12.5. The molecule has 0 saturated carbocycles. The summed E-state index contributed by atoms with van der Waals surface area (Å²) in [5.41, 5.74) is 0.874. The van der Waals surface area contributed by atoms with Crippen LogP contribution in [0, 0.1) is 15.9 Å². The maximum Gasteiger partial charge on any atom is 0.295 e. The molecule has 26 heavy (non-hydrogen) atoms. The van der Waals surface area contributed by atoms with Gasteiger partial charge in [-0.05, 0) is 24.3 Å². The number of carbonyl (C=O) groups excluding carboxylic acids is 1. The second-order valence-corrected chi connectivity index (χ2v) is 5.98. The van der Waals surface area contributed by atoms with Gasteiger partial charge in [0.05, 0.1) is 17.5 Å². The van der Waals surface area contributed by atoms with E-state index in [2.05, 4.69) is 10.2 Å². The van der Waals surface area contributed by atoms with E-state index in [4.69, 9.17) is 0 Å². The standard InChI is InChI=1S/C18H19FN4O3/c19-14-6-7-16(17(12-14)23(25)26)20-13-18(24)22-10-8-21(9-11-22)15-4-2-1-3-5-15/h1-7,12,20H,8-11,13H2. The van der Waals surface area contributed by atoms with Gasteiger partial charge in [-0.2, -0.15) is 0 Å². The second-order valence-electron chi connectivity index (χ2n) is 5.98. The number of nitrogens with zero attached hydrogens (tertiary/aromatic N) is 3. The minimum absolute atomic E-state index is 0.0716. The maximum absolute atomic E-state index is 13.2. The van der Waals surface area contributed by atoms with Crippen molar-refractivity contribution in [2.45, 2.75) is 0 Å². The van der Waals surface area contributed by atoms with Crippen molar-refractivity contribution in [2.75, 3.05) is 42.9 Å². The number of carbonyl (C=O) groups is 1. The lowest BCUT2D eigenvalue weighted by atomic mass is 10.2. The van der Waals surface area contributed by atoms with Crippen LogP contribution in [0.15, 0.2) is 48.5 Å². The first-order valence-electron chi connectivity index (χ1n) is 8.30. The molecular formula is C18H19FN4O3. The Morgan fingerprint density at radius 3 is 2.46 bits per heavy atom. The first-order valence-corrected chi connectivity index (χ1v) is 8.30. The Kier molecular flexibility index (Phi) is 5.31. The quantitative estimate of drug-likeness (QED) is 0.656. The molecule has 1 fully saturated rings. The highest BCUT2D eigenvalue weighted by Gasteiger charge is 2.22. The summed E-state index contributed by atoms with van der Waals surface area (Å²) in [5, 5.41) is 13.7. The minimum atomic E-state index is -0.689. The van der Waals surface area contributed by atoms with Gasteiger partial charge >= 0.3 is 0 Å². The fourth-order valence-electron chi connectivity index (χ4n) is 2.94. The highest BCUT2D eigenvalue weighted by molar-refractivity contribution is 5.82. The second kappa shape index (κ2) is 7.81. The summed E-state index contributed by atoms with van der Waals surface area (Å²) >= 11 is 0. The van der Waals surface area contributed by atoms with Gasteiger partial charge in [-0.3, -0.25) is 14.9 Å². The van der Waals surface area contributed by atoms with Crippen molar-refractivity contribution in [3.63, 3.8) is 0 Å². The van der Waals surface area contributed by atoms with E-state index < -0.39 is 10.7 Å². The summed E-state index contributed by atoms with van der Waals surface area (Å²) in [5.74, 6) is -0.832. The molecule has 1 N–H and O–H groups in total. The predicted octanol–water partition coefficient (Wildman–Crippen LogP) is 2.49. The van der Waals surface area contributed by atoms with Gasteiger partial charge in [0.15, 0.2) is 0 Å². The monoisotopic (exact) mass is 358 g/mol. The van der Waals surface area contributed by atoms with Crippen molar-refractivity contribution >= 4 is 23.0 Å². The average molecular weight is 358 g/mol. The molecule has 136 valence electrons. The fraction of sp³-hybridized carbons (Fsp3) is 0.278. The smallest absolute Gasteiger partial charge is 0.295 e. The van der Waals surface area contributed by atoms with Gasteiger partial charge in [0, 0.05) is 31.9 Å². The Labute approximate surface area is 150 Å². The van der Waals surface area contributed by atoms with E-state index in [1.807, 2.05) is 30.3 Å². The van der Waals surface area contributed by atoms with Crippen molar-refractivity contribution < 1.29 is 14.1 Å². The molecular weight excluding hydrogens is 339 g/mol. The number of nitro groups is 1. The zero-order chi connectivity index (χ0) is 18.5. The lowest BCUT2D eigenvalue weighted by molar-refractivity contribution is -0.384. The van der Waals surface area contributed by atoms with Crippen LogP contribution in [-0.4, -0.2) is 48.5 Å². The SMILES string of the molecule is O=C(CNc1ccc(F)cc1[N+](=O)[O-])N1CCN(c2ccccc2)CC1. The van der Waals surface area contributed by atoms with E-state index in [1.54, 1.807) is 4.90 Å². The van der Waals surface area contributed by atoms with Gasteiger partial charge in [0.25, 0.3) is 5.69 Å². The Balaban J connectivity index is 1.55. The van der Waals surface area contributed by atoms with Crippen LogP contribution < -0.4 is 10.2 Å². The molecule has 1 saturated heterocycles. The topological polar surface area (TPSA) is 78.7 Å². The van der Waals surface area contributed by atoms with Gasteiger partial charge in [-0.25, -0.2) is 4.39 Å². The normalized spacial score (nSPS) is 14.2. The van der Waals surface area contributed by atoms with Gasteiger partial charge < -0.3 is 15.1 Å². The summed E-state index contributed by atoms with van der Waals surface area (Å²) in [6.45, 7) is 2.55. The highest BCUT2D eigenvalue weighted by Crippen LogP contribution is 2.24. The van der Waals surface area contributed by atoms with Gasteiger partial charge in [-0.15, -0.1) is 0 Å². The zero-order valence-corrected chi connectivity index (χ0v) is 14.1. The van der Waals surface area contributed by atoms with E-state index in [1.165, 1.54) is 6.07 Å². The molecule has 7 nitrogen and oxygen atoms in total. The molecule has 0 spiro atoms. The molecule has 1 heterocycles. The highest BCUT2D eigenvalue weighted by atomic mass is 19.1. The molecule has 0 radical (unpaired) electrons. The van der Waals surface area contributed by atoms with Crippen molar-refractivity contribution in [3.8, 4) is 0 Å². The van der Waals surface area contributed by atoms with Crippen molar-refractivity contribution in [1.82, 2.24) is 4.90 Å². The van der Waals surface area contributed by atoms with Crippen LogP contribution in [0.2, 0.25) is 0 Å². The number of nitrogens with one attached hydrogen (secondary N) is 1. The lowest BCUT2D eigenvalue weighted by Crippen LogP contribution is -2.50. The van der Waals surface area contributed by atoms with E-state index in [0.717, 1.165) is 30.9 Å². The number of anilines is 2. The molecule has 2 aromatic carbocycles. The first kappa shape index (κ1) is 17.7. The Morgan fingerprint density at radius 1 is 1.12 bits per heavy atom. The largest absolute Gasteiger partial charge is 0.371 e. The number of halogens is 1. The van der Waals surface area contributed by atoms with Crippen LogP contribution in [0.3, 0.4) is 0 Å². The number of hydrogen-bond acceptors (Lipinski definition) is 5. The van der Waals surface area contributed by atoms with E-state index >= 15 is 0 Å². The van der Waals surface area contributed by atoms with E-state index in [0.29, 0.717) is 13.1 Å².